The molecule has 0 saturated carbocycles. The summed E-state index contributed by atoms with van der Waals surface area (Å²) < 4.78 is 2.02. The zero-order chi connectivity index (χ0) is 13.7. The number of hydrogen-bond acceptors (Lipinski definition) is 3. The minimum atomic E-state index is 0.324. The lowest BCUT2D eigenvalue weighted by atomic mass is 10.1. The number of aryl methyl sites for hydroxylation is 2. The van der Waals surface area contributed by atoms with Crippen LogP contribution in [-0.2, 0) is 19.9 Å². The molecule has 1 atom stereocenters. The molecule has 2 heterocycles. The molecule has 0 amide bonds. The first-order chi connectivity index (χ1) is 9.22. The fourth-order valence-electron chi connectivity index (χ4n) is 2.14. The fraction of sp³-hybridized carbons (Fsp3) is 0.533. The van der Waals surface area contributed by atoms with Crippen molar-refractivity contribution in [2.45, 2.75) is 39.2 Å². The van der Waals surface area contributed by atoms with Crippen molar-refractivity contribution in [1.29, 1.82) is 0 Å². The Morgan fingerprint density at radius 2 is 2.11 bits per heavy atom. The van der Waals surface area contributed by atoms with Crippen LogP contribution < -0.4 is 5.32 Å². The molecule has 3 nitrogen and oxygen atoms in total. The molecule has 0 saturated heterocycles. The first kappa shape index (κ1) is 14.3. The van der Waals surface area contributed by atoms with E-state index in [1.807, 2.05) is 29.3 Å². The highest BCUT2D eigenvalue weighted by Crippen LogP contribution is 2.23. The van der Waals surface area contributed by atoms with Crippen LogP contribution in [0.15, 0.2) is 24.7 Å². The summed E-state index contributed by atoms with van der Waals surface area (Å²) in [5.41, 5.74) is 1.14. The number of thiophene rings is 1. The van der Waals surface area contributed by atoms with Crippen LogP contribution >= 0.6 is 11.3 Å². The van der Waals surface area contributed by atoms with Crippen LogP contribution in [0, 0.1) is 0 Å². The lowest BCUT2D eigenvalue weighted by Crippen LogP contribution is -2.24. The molecule has 2 aromatic rings. The van der Waals surface area contributed by atoms with E-state index < -0.39 is 0 Å². The largest absolute Gasteiger partial charge is 0.340 e. The van der Waals surface area contributed by atoms with Gasteiger partial charge in [0.05, 0.1) is 18.1 Å². The topological polar surface area (TPSA) is 29.9 Å². The number of imidazole rings is 1. The maximum absolute atomic E-state index is 4.50. The van der Waals surface area contributed by atoms with E-state index in [4.69, 9.17) is 0 Å². The van der Waals surface area contributed by atoms with Gasteiger partial charge >= 0.3 is 0 Å². The Balaban J connectivity index is 2.09. The number of nitrogens with zero attached hydrogens (tertiary/aromatic N) is 2. The highest BCUT2D eigenvalue weighted by atomic mass is 32.1. The molecule has 19 heavy (non-hydrogen) atoms. The standard InChI is InChI=1S/C15H23N3S/c1-4-8-16-14(15-10-18(3)11-17-15)9-13-7-6-12(5-2)19-13/h6-7,10-11,14,16H,4-5,8-9H2,1-3H3. The third kappa shape index (κ3) is 3.91. The monoisotopic (exact) mass is 277 g/mol. The molecule has 0 fully saturated rings. The highest BCUT2D eigenvalue weighted by Gasteiger charge is 2.15. The molecule has 0 spiro atoms. The Hall–Kier alpha value is -1.13. The lowest BCUT2D eigenvalue weighted by molar-refractivity contribution is 0.522. The summed E-state index contributed by atoms with van der Waals surface area (Å²) in [6.45, 7) is 5.44. The maximum atomic E-state index is 4.50. The second-order valence-corrected chi connectivity index (χ2v) is 6.15. The van der Waals surface area contributed by atoms with Crippen molar-refractivity contribution in [2.75, 3.05) is 6.54 Å². The number of aromatic nitrogens is 2. The number of hydrogen-bond donors (Lipinski definition) is 1. The van der Waals surface area contributed by atoms with Gasteiger partial charge in [-0.15, -0.1) is 11.3 Å². The normalized spacial score (nSPS) is 12.8. The van der Waals surface area contributed by atoms with Gasteiger partial charge in [0.15, 0.2) is 0 Å². The molecule has 0 aliphatic heterocycles. The Morgan fingerprint density at radius 3 is 2.68 bits per heavy atom. The van der Waals surface area contributed by atoms with Gasteiger partial charge in [-0.1, -0.05) is 13.8 Å². The van der Waals surface area contributed by atoms with E-state index >= 15 is 0 Å². The van der Waals surface area contributed by atoms with Gasteiger partial charge in [-0.3, -0.25) is 0 Å². The summed E-state index contributed by atoms with van der Waals surface area (Å²) in [5.74, 6) is 0. The second kappa shape index (κ2) is 6.87. The molecule has 0 aliphatic rings. The van der Waals surface area contributed by atoms with Crippen LogP contribution in [0.4, 0.5) is 0 Å². The van der Waals surface area contributed by atoms with Gasteiger partial charge in [-0.05, 0) is 31.5 Å². The zero-order valence-corrected chi connectivity index (χ0v) is 12.8. The Labute approximate surface area is 119 Å². The van der Waals surface area contributed by atoms with E-state index in [-0.39, 0.29) is 0 Å². The molecular weight excluding hydrogens is 254 g/mol. The van der Waals surface area contributed by atoms with E-state index in [0.717, 1.165) is 31.5 Å². The van der Waals surface area contributed by atoms with Crippen LogP contribution in [0.25, 0.3) is 0 Å². The Kier molecular flexibility index (Phi) is 5.16. The quantitative estimate of drug-likeness (QED) is 0.841. The smallest absolute Gasteiger partial charge is 0.0947 e. The summed E-state index contributed by atoms with van der Waals surface area (Å²) in [6.07, 6.45) is 7.29. The molecule has 0 aromatic carbocycles. The lowest BCUT2D eigenvalue weighted by Gasteiger charge is -2.15. The fourth-order valence-corrected chi connectivity index (χ4v) is 3.14. The van der Waals surface area contributed by atoms with E-state index in [2.05, 4.69) is 42.5 Å². The molecule has 0 bridgehead atoms. The summed E-state index contributed by atoms with van der Waals surface area (Å²) in [6, 6.07) is 4.83. The van der Waals surface area contributed by atoms with Crippen LogP contribution in [0.2, 0.25) is 0 Å². The summed E-state index contributed by atoms with van der Waals surface area (Å²) in [4.78, 5) is 7.40. The average Bonchev–Trinajstić information content (AvgIpc) is 3.03. The van der Waals surface area contributed by atoms with Crippen molar-refractivity contribution in [1.82, 2.24) is 14.9 Å². The van der Waals surface area contributed by atoms with Crippen LogP contribution in [0.5, 0.6) is 0 Å². The molecule has 2 aromatic heterocycles. The molecule has 0 radical (unpaired) electrons. The van der Waals surface area contributed by atoms with Crippen molar-refractivity contribution in [2.24, 2.45) is 7.05 Å². The maximum Gasteiger partial charge on any atom is 0.0947 e. The van der Waals surface area contributed by atoms with Crippen molar-refractivity contribution in [3.05, 3.63) is 40.1 Å². The molecule has 1 N–H and O–H groups in total. The third-order valence-corrected chi connectivity index (χ3v) is 4.45. The van der Waals surface area contributed by atoms with Crippen molar-refractivity contribution >= 4 is 11.3 Å². The van der Waals surface area contributed by atoms with Gasteiger partial charge in [0, 0.05) is 29.4 Å². The van der Waals surface area contributed by atoms with Crippen LogP contribution in [-0.4, -0.2) is 16.1 Å². The van der Waals surface area contributed by atoms with Crippen molar-refractivity contribution in [3.8, 4) is 0 Å². The molecule has 2 rings (SSSR count). The number of nitrogens with one attached hydrogen (secondary N) is 1. The predicted octanol–water partition coefficient (Wildman–Crippen LogP) is 3.33. The highest BCUT2D eigenvalue weighted by molar-refractivity contribution is 7.11. The SMILES string of the molecule is CCCNC(Cc1ccc(CC)s1)c1cn(C)cn1. The molecule has 1 unspecified atom stereocenters. The summed E-state index contributed by atoms with van der Waals surface area (Å²) >= 11 is 1.92. The number of rotatable bonds is 7. The third-order valence-electron chi connectivity index (χ3n) is 3.19. The first-order valence-electron chi connectivity index (χ1n) is 7.01. The first-order valence-corrected chi connectivity index (χ1v) is 7.83. The molecular formula is C15H23N3S. The van der Waals surface area contributed by atoms with Gasteiger partial charge in [0.1, 0.15) is 0 Å². The minimum absolute atomic E-state index is 0.324. The van der Waals surface area contributed by atoms with E-state index in [0.29, 0.717) is 6.04 Å². The summed E-state index contributed by atoms with van der Waals surface area (Å²) in [5, 5.41) is 3.61. The molecule has 104 valence electrons. The van der Waals surface area contributed by atoms with Gasteiger partial charge in [0.2, 0.25) is 0 Å². The van der Waals surface area contributed by atoms with Gasteiger partial charge in [0.25, 0.3) is 0 Å². The van der Waals surface area contributed by atoms with E-state index in [1.54, 1.807) is 0 Å². The van der Waals surface area contributed by atoms with Crippen LogP contribution in [0.1, 0.15) is 41.8 Å². The molecule has 0 aliphatic carbocycles. The van der Waals surface area contributed by atoms with Gasteiger partial charge < -0.3 is 9.88 Å². The van der Waals surface area contributed by atoms with Gasteiger partial charge in [-0.2, -0.15) is 0 Å². The predicted molar refractivity (Wildman–Crippen MR) is 81.6 cm³/mol. The minimum Gasteiger partial charge on any atom is -0.340 e. The summed E-state index contributed by atoms with van der Waals surface area (Å²) in [7, 11) is 2.02. The zero-order valence-electron chi connectivity index (χ0n) is 12.0. The van der Waals surface area contributed by atoms with Crippen LogP contribution in [0.3, 0.4) is 0 Å². The van der Waals surface area contributed by atoms with Crippen molar-refractivity contribution in [3.63, 3.8) is 0 Å². The molecule has 4 heteroatoms. The Bertz CT molecular complexity index is 501. The van der Waals surface area contributed by atoms with Gasteiger partial charge in [-0.25, -0.2) is 4.98 Å². The van der Waals surface area contributed by atoms with E-state index in [9.17, 15) is 0 Å². The second-order valence-electron chi connectivity index (χ2n) is 4.90. The van der Waals surface area contributed by atoms with E-state index in [1.165, 1.54) is 9.75 Å². The van der Waals surface area contributed by atoms with Crippen molar-refractivity contribution < 1.29 is 0 Å². The average molecular weight is 277 g/mol. The Morgan fingerprint density at radius 1 is 1.32 bits per heavy atom.